The Bertz CT molecular complexity index is 2140. The first-order valence-electron chi connectivity index (χ1n) is 14.9. The predicted molar refractivity (Wildman–Crippen MR) is 180 cm³/mol. The van der Waals surface area contributed by atoms with Crippen LogP contribution < -0.4 is 0 Å². The van der Waals surface area contributed by atoms with Crippen LogP contribution in [0.15, 0.2) is 140 Å². The van der Waals surface area contributed by atoms with Crippen molar-refractivity contribution >= 4 is 21.5 Å². The zero-order valence-electron chi connectivity index (χ0n) is 24.3. The number of fused-ring (bicyclic) bond motifs is 5. The molecule has 0 aliphatic heterocycles. The van der Waals surface area contributed by atoms with Gasteiger partial charge < -0.3 is 0 Å². The fourth-order valence-corrected chi connectivity index (χ4v) is 7.23. The van der Waals surface area contributed by atoms with Crippen LogP contribution in [-0.2, 0) is 5.41 Å². The van der Waals surface area contributed by atoms with Crippen molar-refractivity contribution in [3.05, 3.63) is 156 Å². The molecule has 7 aromatic rings. The first kappa shape index (κ1) is 24.8. The molecule has 0 saturated heterocycles. The third kappa shape index (κ3) is 3.68. The summed E-state index contributed by atoms with van der Waals surface area (Å²) in [5.41, 5.74) is 14.4. The molecule has 1 aliphatic carbocycles. The van der Waals surface area contributed by atoms with E-state index in [0.29, 0.717) is 0 Å². The summed E-state index contributed by atoms with van der Waals surface area (Å²) in [6.07, 6.45) is 0. The molecule has 0 aromatic heterocycles. The van der Waals surface area contributed by atoms with Crippen molar-refractivity contribution in [3.8, 4) is 44.5 Å². The van der Waals surface area contributed by atoms with E-state index in [0.717, 1.165) is 0 Å². The molecule has 0 saturated carbocycles. The highest BCUT2D eigenvalue weighted by Crippen LogP contribution is 2.51. The lowest BCUT2D eigenvalue weighted by molar-refractivity contribution is 0.660. The van der Waals surface area contributed by atoms with Crippen molar-refractivity contribution in [3.63, 3.8) is 0 Å². The van der Waals surface area contributed by atoms with Crippen LogP contribution in [-0.4, -0.2) is 0 Å². The fourth-order valence-electron chi connectivity index (χ4n) is 7.23. The standard InChI is InChI=1S/C42H32/c1-27-17-23-36-37(25-27)41(31-22-24-33-32-13-9-10-16-38(32)42(2,3)39(33)26-31)35-15-8-7-14-34(35)40(36)30-20-18-29(19-21-30)28-11-5-4-6-12-28/h4-26H,1-3H3. The minimum absolute atomic E-state index is 0.0378. The minimum atomic E-state index is -0.0378. The summed E-state index contributed by atoms with van der Waals surface area (Å²) in [7, 11) is 0. The number of aryl methyl sites for hydroxylation is 1. The van der Waals surface area contributed by atoms with Crippen molar-refractivity contribution in [2.75, 3.05) is 0 Å². The smallest absolute Gasteiger partial charge is 0.0159 e. The van der Waals surface area contributed by atoms with Crippen LogP contribution in [0.2, 0.25) is 0 Å². The average molecular weight is 537 g/mol. The summed E-state index contributed by atoms with van der Waals surface area (Å²) in [6.45, 7) is 6.93. The molecular formula is C42H32. The third-order valence-corrected chi connectivity index (χ3v) is 9.33. The van der Waals surface area contributed by atoms with E-state index in [1.54, 1.807) is 0 Å². The van der Waals surface area contributed by atoms with Gasteiger partial charge in [-0.2, -0.15) is 0 Å². The minimum Gasteiger partial charge on any atom is -0.0622 e. The highest BCUT2D eigenvalue weighted by molar-refractivity contribution is 6.21. The van der Waals surface area contributed by atoms with Crippen molar-refractivity contribution < 1.29 is 0 Å². The molecule has 0 fully saturated rings. The van der Waals surface area contributed by atoms with Gasteiger partial charge >= 0.3 is 0 Å². The summed E-state index contributed by atoms with van der Waals surface area (Å²) in [4.78, 5) is 0. The van der Waals surface area contributed by atoms with Gasteiger partial charge in [0.05, 0.1) is 0 Å². The van der Waals surface area contributed by atoms with Crippen LogP contribution in [0.4, 0.5) is 0 Å². The molecule has 0 nitrogen and oxygen atoms in total. The molecule has 0 N–H and O–H groups in total. The molecule has 200 valence electrons. The second-order valence-electron chi connectivity index (χ2n) is 12.2. The van der Waals surface area contributed by atoms with Gasteiger partial charge in [-0.1, -0.05) is 153 Å². The summed E-state index contributed by atoms with van der Waals surface area (Å²) < 4.78 is 0. The molecule has 0 atom stereocenters. The van der Waals surface area contributed by atoms with Gasteiger partial charge in [0, 0.05) is 5.41 Å². The number of hydrogen-bond donors (Lipinski definition) is 0. The third-order valence-electron chi connectivity index (χ3n) is 9.33. The Balaban J connectivity index is 1.38. The van der Waals surface area contributed by atoms with E-state index in [-0.39, 0.29) is 5.41 Å². The lowest BCUT2D eigenvalue weighted by Gasteiger charge is -2.23. The molecule has 0 spiro atoms. The average Bonchev–Trinajstić information content (AvgIpc) is 3.26. The molecule has 0 radical (unpaired) electrons. The molecule has 8 rings (SSSR count). The Morgan fingerprint density at radius 1 is 0.381 bits per heavy atom. The Hall–Kier alpha value is -4.94. The van der Waals surface area contributed by atoms with E-state index in [2.05, 4.69) is 160 Å². The van der Waals surface area contributed by atoms with Gasteiger partial charge in [0.2, 0.25) is 0 Å². The van der Waals surface area contributed by atoms with E-state index >= 15 is 0 Å². The molecule has 0 amide bonds. The SMILES string of the molecule is Cc1ccc2c(-c3ccc(-c4ccccc4)cc3)c3ccccc3c(-c3ccc4c(c3)C(C)(C)c3ccccc3-4)c2c1. The lowest BCUT2D eigenvalue weighted by Crippen LogP contribution is -2.14. The van der Waals surface area contributed by atoms with Crippen molar-refractivity contribution in [1.29, 1.82) is 0 Å². The van der Waals surface area contributed by atoms with Crippen molar-refractivity contribution in [2.24, 2.45) is 0 Å². The Morgan fingerprint density at radius 3 is 1.69 bits per heavy atom. The second kappa shape index (κ2) is 9.29. The first-order chi connectivity index (χ1) is 20.5. The maximum atomic E-state index is 2.47. The highest BCUT2D eigenvalue weighted by atomic mass is 14.4. The molecule has 42 heavy (non-hydrogen) atoms. The largest absolute Gasteiger partial charge is 0.0622 e. The summed E-state index contributed by atoms with van der Waals surface area (Å²) in [5, 5.41) is 5.19. The van der Waals surface area contributed by atoms with Gasteiger partial charge in [-0.15, -0.1) is 0 Å². The van der Waals surface area contributed by atoms with Crippen LogP contribution in [0, 0.1) is 6.92 Å². The van der Waals surface area contributed by atoms with Crippen LogP contribution >= 0.6 is 0 Å². The van der Waals surface area contributed by atoms with E-state index in [1.807, 2.05) is 0 Å². The zero-order chi connectivity index (χ0) is 28.4. The monoisotopic (exact) mass is 536 g/mol. The number of rotatable bonds is 3. The van der Waals surface area contributed by atoms with E-state index < -0.39 is 0 Å². The molecule has 7 aromatic carbocycles. The Kier molecular flexibility index (Phi) is 5.49. The predicted octanol–water partition coefficient (Wildman–Crippen LogP) is 11.6. The maximum absolute atomic E-state index is 2.47. The summed E-state index contributed by atoms with van der Waals surface area (Å²) in [5.74, 6) is 0. The van der Waals surface area contributed by atoms with Gasteiger partial charge in [0.15, 0.2) is 0 Å². The van der Waals surface area contributed by atoms with Crippen LogP contribution in [0.3, 0.4) is 0 Å². The second-order valence-corrected chi connectivity index (χ2v) is 12.2. The molecular weight excluding hydrogens is 504 g/mol. The van der Waals surface area contributed by atoms with Gasteiger partial charge in [-0.25, -0.2) is 0 Å². The molecule has 0 unspecified atom stereocenters. The Morgan fingerprint density at radius 2 is 0.929 bits per heavy atom. The molecule has 0 bridgehead atoms. The summed E-state index contributed by atoms with van der Waals surface area (Å²) in [6, 6.07) is 51.7. The molecule has 0 heteroatoms. The van der Waals surface area contributed by atoms with Gasteiger partial charge in [0.1, 0.15) is 0 Å². The fraction of sp³-hybridized carbons (Fsp3) is 0.0952. The quantitative estimate of drug-likeness (QED) is 0.197. The van der Waals surface area contributed by atoms with Crippen molar-refractivity contribution in [1.82, 2.24) is 0 Å². The van der Waals surface area contributed by atoms with E-state index in [1.165, 1.54) is 82.7 Å². The zero-order valence-corrected chi connectivity index (χ0v) is 24.3. The van der Waals surface area contributed by atoms with E-state index in [4.69, 9.17) is 0 Å². The number of hydrogen-bond acceptors (Lipinski definition) is 0. The Labute approximate surface area is 247 Å². The normalized spacial score (nSPS) is 13.3. The highest BCUT2D eigenvalue weighted by Gasteiger charge is 2.35. The van der Waals surface area contributed by atoms with Gasteiger partial charge in [-0.3, -0.25) is 0 Å². The van der Waals surface area contributed by atoms with Crippen molar-refractivity contribution in [2.45, 2.75) is 26.2 Å². The number of benzene rings is 7. The maximum Gasteiger partial charge on any atom is 0.0159 e. The van der Waals surface area contributed by atoms with Crippen LogP contribution in [0.5, 0.6) is 0 Å². The van der Waals surface area contributed by atoms with E-state index in [9.17, 15) is 0 Å². The molecule has 1 aliphatic rings. The first-order valence-corrected chi connectivity index (χ1v) is 14.9. The van der Waals surface area contributed by atoms with Crippen LogP contribution in [0.25, 0.3) is 66.1 Å². The van der Waals surface area contributed by atoms with Crippen LogP contribution in [0.1, 0.15) is 30.5 Å². The van der Waals surface area contributed by atoms with Gasteiger partial charge in [0.25, 0.3) is 0 Å². The summed E-state index contributed by atoms with van der Waals surface area (Å²) >= 11 is 0. The topological polar surface area (TPSA) is 0 Å². The molecule has 0 heterocycles. The van der Waals surface area contributed by atoms with Gasteiger partial charge in [-0.05, 0) is 90.2 Å². The lowest BCUT2D eigenvalue weighted by atomic mass is 9.80.